The van der Waals surface area contributed by atoms with Gasteiger partial charge in [-0.15, -0.1) is 0 Å². The molecular formula is C31H40N4S. The second-order valence-corrected chi connectivity index (χ2v) is 13.5. The molecule has 7 fully saturated rings. The summed E-state index contributed by atoms with van der Waals surface area (Å²) in [5, 5.41) is 9.43. The van der Waals surface area contributed by atoms with Gasteiger partial charge in [0.2, 0.25) is 0 Å². The minimum Gasteiger partial charge on any atom is -0.293 e. The highest BCUT2D eigenvalue weighted by Crippen LogP contribution is 2.58. The molecule has 0 aromatic heterocycles. The lowest BCUT2D eigenvalue weighted by atomic mass is 9.53. The lowest BCUT2D eigenvalue weighted by molar-refractivity contribution is 0.000981. The highest BCUT2D eigenvalue weighted by molar-refractivity contribution is 7.80. The molecule has 2 heterocycles. The zero-order chi connectivity index (χ0) is 24.3. The van der Waals surface area contributed by atoms with Gasteiger partial charge in [0.05, 0.1) is 28.2 Å². The van der Waals surface area contributed by atoms with Gasteiger partial charge >= 0.3 is 0 Å². The van der Waals surface area contributed by atoms with E-state index < -0.39 is 0 Å². The number of benzene rings is 1. The molecule has 4 nitrogen and oxygen atoms in total. The number of rotatable bonds is 3. The van der Waals surface area contributed by atoms with Crippen molar-refractivity contribution in [3.05, 3.63) is 29.8 Å². The van der Waals surface area contributed by atoms with E-state index in [4.69, 9.17) is 17.2 Å². The summed E-state index contributed by atoms with van der Waals surface area (Å²) in [5.74, 6) is 3.92. The molecule has 1 aromatic rings. The molecule has 1 spiro atoms. The lowest BCUT2D eigenvalue weighted by Crippen LogP contribution is -2.54. The van der Waals surface area contributed by atoms with E-state index in [2.05, 4.69) is 28.0 Å². The van der Waals surface area contributed by atoms with Crippen LogP contribution in [0.1, 0.15) is 95.5 Å². The fourth-order valence-corrected chi connectivity index (χ4v) is 10.2. The molecule has 1 aromatic carbocycles. The summed E-state index contributed by atoms with van der Waals surface area (Å²) < 4.78 is 0. The third kappa shape index (κ3) is 3.70. The van der Waals surface area contributed by atoms with Crippen LogP contribution in [0.3, 0.4) is 0 Å². The van der Waals surface area contributed by atoms with Crippen LogP contribution in [0.25, 0.3) is 0 Å². The summed E-state index contributed by atoms with van der Waals surface area (Å²) in [6.07, 6.45) is 18.4. The number of amidine groups is 1. The van der Waals surface area contributed by atoms with E-state index in [-0.39, 0.29) is 11.0 Å². The van der Waals surface area contributed by atoms with Crippen LogP contribution in [0.4, 0.5) is 5.69 Å². The lowest BCUT2D eigenvalue weighted by Gasteiger charge is -2.55. The fraction of sp³-hybridized carbons (Fsp3) is 0.710. The molecule has 36 heavy (non-hydrogen) atoms. The Kier molecular flexibility index (Phi) is 5.78. The zero-order valence-electron chi connectivity index (χ0n) is 21.6. The summed E-state index contributed by atoms with van der Waals surface area (Å²) in [4.78, 5) is 12.3. The van der Waals surface area contributed by atoms with Gasteiger partial charge in [-0.25, -0.2) is 0 Å². The van der Waals surface area contributed by atoms with E-state index in [0.29, 0.717) is 11.6 Å². The van der Waals surface area contributed by atoms with Gasteiger partial charge in [0.25, 0.3) is 0 Å². The van der Waals surface area contributed by atoms with Gasteiger partial charge < -0.3 is 0 Å². The number of likely N-dealkylation sites (tertiary alicyclic amines) is 1. The van der Waals surface area contributed by atoms with Crippen LogP contribution in [-0.4, -0.2) is 40.4 Å². The van der Waals surface area contributed by atoms with E-state index in [0.717, 1.165) is 28.4 Å². The van der Waals surface area contributed by atoms with E-state index in [1.165, 1.54) is 109 Å². The SMILES string of the molecule is N#Cc1ccc(N2C(=S)C3(CCCCC3)C(N3CCCCC3)C2=NC23CC4CC(CC(C4)C2)C3)cc1. The molecule has 5 aliphatic carbocycles. The Hall–Kier alpha value is -1.77. The number of aliphatic imine (C=N–C) groups is 1. The molecule has 0 N–H and O–H groups in total. The first-order valence-electron chi connectivity index (χ1n) is 14.8. The number of hydrogen-bond donors (Lipinski definition) is 0. The fourth-order valence-electron chi connectivity index (χ4n) is 9.66. The van der Waals surface area contributed by atoms with Crippen LogP contribution in [0.5, 0.6) is 0 Å². The van der Waals surface area contributed by atoms with E-state index >= 15 is 0 Å². The maximum absolute atomic E-state index is 9.43. The van der Waals surface area contributed by atoms with E-state index in [9.17, 15) is 5.26 Å². The molecule has 0 radical (unpaired) electrons. The molecule has 5 heteroatoms. The third-order valence-corrected chi connectivity index (χ3v) is 11.3. The van der Waals surface area contributed by atoms with E-state index in [1.54, 1.807) is 0 Å². The Labute approximate surface area is 222 Å². The van der Waals surface area contributed by atoms with Crippen molar-refractivity contribution < 1.29 is 0 Å². The molecular weight excluding hydrogens is 460 g/mol. The van der Waals surface area contributed by atoms with Crippen LogP contribution in [0.2, 0.25) is 0 Å². The second kappa shape index (κ2) is 8.91. The summed E-state index contributed by atoms with van der Waals surface area (Å²) in [5.41, 5.74) is 1.98. The summed E-state index contributed by atoms with van der Waals surface area (Å²) in [7, 11) is 0. The number of piperidine rings is 1. The average Bonchev–Trinajstić information content (AvgIpc) is 3.10. The molecule has 7 aliphatic rings. The van der Waals surface area contributed by atoms with Crippen molar-refractivity contribution in [1.29, 1.82) is 5.26 Å². The standard InChI is InChI=1S/C31H40N4S/c32-21-22-7-9-26(10-8-22)35-28(33-30-18-23-15-24(19-30)17-25(16-23)20-30)27(34-13-5-2-6-14-34)31(29(35)36)11-3-1-4-12-31/h7-10,23-25,27H,1-6,11-20H2. The van der Waals surface area contributed by atoms with Crippen LogP contribution >= 0.6 is 12.2 Å². The van der Waals surface area contributed by atoms with Crippen LogP contribution in [-0.2, 0) is 0 Å². The molecule has 1 unspecified atom stereocenters. The summed E-state index contributed by atoms with van der Waals surface area (Å²) in [6.45, 7) is 2.35. The number of nitrogens with zero attached hydrogens (tertiary/aromatic N) is 4. The third-order valence-electron chi connectivity index (χ3n) is 10.7. The average molecular weight is 501 g/mol. The quantitative estimate of drug-likeness (QED) is 0.424. The molecule has 1 atom stereocenters. The smallest absolute Gasteiger partial charge is 0.127 e. The normalized spacial score (nSPS) is 38.7. The Morgan fingerprint density at radius 1 is 0.833 bits per heavy atom. The monoisotopic (exact) mass is 500 g/mol. The first kappa shape index (κ1) is 23.4. The van der Waals surface area contributed by atoms with E-state index in [1.807, 2.05) is 12.1 Å². The zero-order valence-corrected chi connectivity index (χ0v) is 22.4. The number of nitriles is 1. The first-order chi connectivity index (χ1) is 17.6. The Bertz CT molecular complexity index is 1050. The molecule has 190 valence electrons. The van der Waals surface area contributed by atoms with Gasteiger partial charge in [-0.2, -0.15) is 5.26 Å². The maximum atomic E-state index is 9.43. The molecule has 0 amide bonds. The van der Waals surface area contributed by atoms with Crippen LogP contribution in [0.15, 0.2) is 29.3 Å². The highest BCUT2D eigenvalue weighted by atomic mass is 32.1. The molecule has 8 rings (SSSR count). The van der Waals surface area contributed by atoms with Crippen molar-refractivity contribution in [3.8, 4) is 6.07 Å². The molecule has 4 bridgehead atoms. The molecule has 5 saturated carbocycles. The van der Waals surface area contributed by atoms with Gasteiger partial charge in [0.15, 0.2) is 0 Å². The Morgan fingerprint density at radius 2 is 1.42 bits per heavy atom. The number of hydrogen-bond acceptors (Lipinski definition) is 4. The number of anilines is 1. The largest absolute Gasteiger partial charge is 0.293 e. The number of thiocarbonyl (C=S) groups is 1. The first-order valence-corrected chi connectivity index (χ1v) is 15.2. The Morgan fingerprint density at radius 3 is 2.00 bits per heavy atom. The molecule has 2 aliphatic heterocycles. The van der Waals surface area contributed by atoms with Crippen molar-refractivity contribution >= 4 is 28.7 Å². The van der Waals surface area contributed by atoms with Crippen LogP contribution < -0.4 is 4.90 Å². The van der Waals surface area contributed by atoms with Gasteiger partial charge in [-0.3, -0.25) is 14.8 Å². The predicted octanol–water partition coefficient (Wildman–Crippen LogP) is 6.88. The molecule has 2 saturated heterocycles. The van der Waals surface area contributed by atoms with Crippen molar-refractivity contribution in [2.75, 3.05) is 18.0 Å². The minimum absolute atomic E-state index is 0.0277. The summed E-state index contributed by atoms with van der Waals surface area (Å²) >= 11 is 6.50. The Balaban J connectivity index is 1.38. The predicted molar refractivity (Wildman–Crippen MR) is 149 cm³/mol. The van der Waals surface area contributed by atoms with Gasteiger partial charge in [0, 0.05) is 11.1 Å². The van der Waals surface area contributed by atoms with Gasteiger partial charge in [-0.05, 0) is 119 Å². The minimum atomic E-state index is 0.0277. The van der Waals surface area contributed by atoms with Gasteiger partial charge in [0.1, 0.15) is 5.84 Å². The van der Waals surface area contributed by atoms with Crippen molar-refractivity contribution in [2.24, 2.45) is 28.2 Å². The van der Waals surface area contributed by atoms with Crippen molar-refractivity contribution in [1.82, 2.24) is 4.90 Å². The maximum Gasteiger partial charge on any atom is 0.127 e. The second-order valence-electron chi connectivity index (χ2n) is 13.1. The van der Waals surface area contributed by atoms with Crippen molar-refractivity contribution in [2.45, 2.75) is 101 Å². The summed E-state index contributed by atoms with van der Waals surface area (Å²) in [6, 6.07) is 10.8. The van der Waals surface area contributed by atoms with Gasteiger partial charge in [-0.1, -0.05) is 37.9 Å². The topological polar surface area (TPSA) is 42.6 Å². The van der Waals surface area contributed by atoms with Crippen LogP contribution in [0, 0.1) is 34.5 Å². The highest BCUT2D eigenvalue weighted by Gasteiger charge is 2.59. The van der Waals surface area contributed by atoms with Crippen molar-refractivity contribution in [3.63, 3.8) is 0 Å².